The first-order valence-electron chi connectivity index (χ1n) is 5.64. The Bertz CT molecular complexity index is 405. The highest BCUT2D eigenvalue weighted by atomic mass is 16.5. The van der Waals surface area contributed by atoms with Gasteiger partial charge in [-0.1, -0.05) is 18.2 Å². The van der Waals surface area contributed by atoms with Crippen molar-refractivity contribution in [3.63, 3.8) is 0 Å². The summed E-state index contributed by atoms with van der Waals surface area (Å²) in [6.07, 6.45) is -0.681. The zero-order valence-electron chi connectivity index (χ0n) is 10.7. The van der Waals surface area contributed by atoms with Crippen LogP contribution in [0.1, 0.15) is 13.8 Å². The number of amides is 1. The molecule has 5 nitrogen and oxygen atoms in total. The van der Waals surface area contributed by atoms with Gasteiger partial charge in [0.1, 0.15) is 11.8 Å². The second-order valence-corrected chi connectivity index (χ2v) is 3.83. The van der Waals surface area contributed by atoms with Crippen LogP contribution in [0.15, 0.2) is 30.3 Å². The first kappa shape index (κ1) is 14.0. The molecule has 0 spiro atoms. The molecule has 0 fully saturated rings. The van der Waals surface area contributed by atoms with Crippen LogP contribution < -0.4 is 10.1 Å². The highest BCUT2D eigenvalue weighted by molar-refractivity contribution is 5.86. The van der Waals surface area contributed by atoms with Gasteiger partial charge in [0, 0.05) is 0 Å². The number of benzene rings is 1. The molecule has 0 aliphatic carbocycles. The van der Waals surface area contributed by atoms with E-state index in [0.29, 0.717) is 5.75 Å². The van der Waals surface area contributed by atoms with Crippen LogP contribution in [0.3, 0.4) is 0 Å². The van der Waals surface area contributed by atoms with Crippen molar-refractivity contribution in [3.05, 3.63) is 30.3 Å². The van der Waals surface area contributed by atoms with Crippen molar-refractivity contribution in [3.8, 4) is 5.75 Å². The SMILES string of the molecule is COC(=O)[C@H](C)NC(=O)C(C)Oc1ccccc1. The molecule has 2 atom stereocenters. The van der Waals surface area contributed by atoms with E-state index in [9.17, 15) is 9.59 Å². The van der Waals surface area contributed by atoms with E-state index >= 15 is 0 Å². The Morgan fingerprint density at radius 2 is 1.78 bits per heavy atom. The minimum Gasteiger partial charge on any atom is -0.481 e. The third-order valence-electron chi connectivity index (χ3n) is 2.34. The van der Waals surface area contributed by atoms with Gasteiger partial charge in [-0.3, -0.25) is 4.79 Å². The minimum atomic E-state index is -0.690. The third kappa shape index (κ3) is 4.08. The van der Waals surface area contributed by atoms with Crippen LogP contribution >= 0.6 is 0 Å². The van der Waals surface area contributed by atoms with Crippen molar-refractivity contribution in [2.24, 2.45) is 0 Å². The second-order valence-electron chi connectivity index (χ2n) is 3.83. The molecule has 1 aromatic rings. The van der Waals surface area contributed by atoms with Crippen LogP contribution in [-0.2, 0) is 14.3 Å². The Hall–Kier alpha value is -2.04. The van der Waals surface area contributed by atoms with Gasteiger partial charge in [-0.05, 0) is 26.0 Å². The number of hydrogen-bond donors (Lipinski definition) is 1. The summed E-state index contributed by atoms with van der Waals surface area (Å²) in [6, 6.07) is 8.32. The summed E-state index contributed by atoms with van der Waals surface area (Å²) in [6.45, 7) is 3.17. The number of hydrogen-bond acceptors (Lipinski definition) is 4. The van der Waals surface area contributed by atoms with Crippen LogP contribution in [0.5, 0.6) is 5.75 Å². The van der Waals surface area contributed by atoms with E-state index in [1.807, 2.05) is 18.2 Å². The number of methoxy groups -OCH3 is 1. The van der Waals surface area contributed by atoms with E-state index in [1.165, 1.54) is 7.11 Å². The van der Waals surface area contributed by atoms with Gasteiger partial charge in [0.2, 0.25) is 0 Å². The smallest absolute Gasteiger partial charge is 0.328 e. The summed E-state index contributed by atoms with van der Waals surface area (Å²) < 4.78 is 9.94. The summed E-state index contributed by atoms with van der Waals surface area (Å²) in [7, 11) is 1.27. The van der Waals surface area contributed by atoms with Gasteiger partial charge in [0.15, 0.2) is 6.10 Å². The zero-order valence-corrected chi connectivity index (χ0v) is 10.7. The van der Waals surface area contributed by atoms with E-state index in [-0.39, 0.29) is 5.91 Å². The maximum absolute atomic E-state index is 11.7. The first-order chi connectivity index (χ1) is 8.54. The number of carbonyl (C=O) groups excluding carboxylic acids is 2. The zero-order chi connectivity index (χ0) is 13.5. The molecule has 0 saturated heterocycles. The fourth-order valence-corrected chi connectivity index (χ4v) is 1.32. The predicted molar refractivity (Wildman–Crippen MR) is 66.2 cm³/mol. The lowest BCUT2D eigenvalue weighted by Crippen LogP contribution is -2.45. The standard InChI is InChI=1S/C13H17NO4/c1-9(13(16)17-3)14-12(15)10(2)18-11-7-5-4-6-8-11/h4-10H,1-3H3,(H,14,15)/t9-,10?/m0/s1. The molecule has 0 aromatic heterocycles. The quantitative estimate of drug-likeness (QED) is 0.797. The van der Waals surface area contributed by atoms with Crippen LogP contribution in [0, 0.1) is 0 Å². The Labute approximate surface area is 106 Å². The van der Waals surface area contributed by atoms with Gasteiger partial charge < -0.3 is 14.8 Å². The molecular weight excluding hydrogens is 234 g/mol. The summed E-state index contributed by atoms with van der Waals surface area (Å²) in [5.74, 6) is -0.252. The summed E-state index contributed by atoms with van der Waals surface area (Å²) in [5, 5.41) is 2.51. The van der Waals surface area contributed by atoms with Gasteiger partial charge in [-0.25, -0.2) is 4.79 Å². The van der Waals surface area contributed by atoms with E-state index < -0.39 is 18.1 Å². The Morgan fingerprint density at radius 1 is 1.17 bits per heavy atom. The highest BCUT2D eigenvalue weighted by Gasteiger charge is 2.20. The van der Waals surface area contributed by atoms with Crippen molar-refractivity contribution in [1.82, 2.24) is 5.32 Å². The molecular formula is C13H17NO4. The highest BCUT2D eigenvalue weighted by Crippen LogP contribution is 2.10. The fraction of sp³-hybridized carbons (Fsp3) is 0.385. The number of carbonyl (C=O) groups is 2. The predicted octanol–water partition coefficient (Wildman–Crippen LogP) is 1.13. The number of nitrogens with one attached hydrogen (secondary N) is 1. The van der Waals surface area contributed by atoms with Crippen molar-refractivity contribution < 1.29 is 19.1 Å². The molecule has 1 unspecified atom stereocenters. The number of ether oxygens (including phenoxy) is 2. The summed E-state index contributed by atoms with van der Waals surface area (Å²) in [4.78, 5) is 22.9. The Kier molecular flexibility index (Phi) is 5.17. The molecule has 18 heavy (non-hydrogen) atoms. The average Bonchev–Trinajstić information content (AvgIpc) is 2.38. The van der Waals surface area contributed by atoms with E-state index in [0.717, 1.165) is 0 Å². The van der Waals surface area contributed by atoms with E-state index in [4.69, 9.17) is 4.74 Å². The van der Waals surface area contributed by atoms with Crippen LogP contribution in [0.25, 0.3) is 0 Å². The third-order valence-corrected chi connectivity index (χ3v) is 2.34. The lowest BCUT2D eigenvalue weighted by molar-refractivity contribution is -0.145. The molecule has 5 heteroatoms. The van der Waals surface area contributed by atoms with Crippen LogP contribution in [0.2, 0.25) is 0 Å². The van der Waals surface area contributed by atoms with Crippen LogP contribution in [-0.4, -0.2) is 31.1 Å². The average molecular weight is 251 g/mol. The number of para-hydroxylation sites is 1. The molecule has 0 aliphatic heterocycles. The first-order valence-corrected chi connectivity index (χ1v) is 5.64. The Morgan fingerprint density at radius 3 is 2.33 bits per heavy atom. The van der Waals surface area contributed by atoms with Gasteiger partial charge in [0.25, 0.3) is 5.91 Å². The largest absolute Gasteiger partial charge is 0.481 e. The van der Waals surface area contributed by atoms with Gasteiger partial charge >= 0.3 is 5.97 Å². The van der Waals surface area contributed by atoms with Gasteiger partial charge in [0.05, 0.1) is 7.11 Å². The molecule has 1 rings (SSSR count). The van der Waals surface area contributed by atoms with Crippen molar-refractivity contribution in [2.75, 3.05) is 7.11 Å². The normalized spacial score (nSPS) is 13.3. The van der Waals surface area contributed by atoms with Crippen molar-refractivity contribution >= 4 is 11.9 Å². The monoisotopic (exact) mass is 251 g/mol. The topological polar surface area (TPSA) is 64.6 Å². The van der Waals surface area contributed by atoms with E-state index in [1.54, 1.807) is 26.0 Å². The number of esters is 1. The van der Waals surface area contributed by atoms with Gasteiger partial charge in [-0.2, -0.15) is 0 Å². The molecule has 0 radical (unpaired) electrons. The fourth-order valence-electron chi connectivity index (χ4n) is 1.32. The van der Waals surface area contributed by atoms with Crippen molar-refractivity contribution in [1.29, 1.82) is 0 Å². The second kappa shape index (κ2) is 6.64. The minimum absolute atomic E-state index is 0.364. The number of rotatable bonds is 5. The molecule has 1 N–H and O–H groups in total. The van der Waals surface area contributed by atoms with E-state index in [2.05, 4.69) is 10.1 Å². The molecule has 1 aromatic carbocycles. The maximum Gasteiger partial charge on any atom is 0.328 e. The molecule has 0 aliphatic rings. The Balaban J connectivity index is 2.49. The van der Waals surface area contributed by atoms with Gasteiger partial charge in [-0.15, -0.1) is 0 Å². The lowest BCUT2D eigenvalue weighted by atomic mass is 10.3. The molecule has 1 amide bonds. The molecule has 0 bridgehead atoms. The maximum atomic E-state index is 11.7. The van der Waals surface area contributed by atoms with Crippen molar-refractivity contribution in [2.45, 2.75) is 26.0 Å². The summed E-state index contributed by atoms with van der Waals surface area (Å²) >= 11 is 0. The molecule has 0 saturated carbocycles. The summed E-state index contributed by atoms with van der Waals surface area (Å²) in [5.41, 5.74) is 0. The molecule has 98 valence electrons. The lowest BCUT2D eigenvalue weighted by Gasteiger charge is -2.17. The molecule has 0 heterocycles. The van der Waals surface area contributed by atoms with Crippen LogP contribution in [0.4, 0.5) is 0 Å².